The molecule has 7 rings (SSSR count). The van der Waals surface area contributed by atoms with E-state index in [0.29, 0.717) is 24.9 Å². The molecule has 1 aliphatic carbocycles. The van der Waals surface area contributed by atoms with Crippen molar-refractivity contribution in [3.8, 4) is 0 Å². The fraction of sp³-hybridized carbons (Fsp3) is 0.460. The van der Waals surface area contributed by atoms with Crippen LogP contribution in [0.2, 0.25) is 0 Å². The van der Waals surface area contributed by atoms with Crippen LogP contribution in [0.5, 0.6) is 0 Å². The van der Waals surface area contributed by atoms with E-state index >= 15 is 0 Å². The van der Waals surface area contributed by atoms with Crippen LogP contribution in [0.25, 0.3) is 10.9 Å². The van der Waals surface area contributed by atoms with Gasteiger partial charge in [0.25, 0.3) is 0 Å². The molecule has 4 aromatic rings. The number of anilines is 1. The Hall–Kier alpha value is -6.71. The molecule has 0 radical (unpaired) electrons. The Morgan fingerprint density at radius 1 is 0.712 bits per heavy atom. The Balaban J connectivity index is 1.20. The molecule has 9 N–H and O–H groups in total. The van der Waals surface area contributed by atoms with E-state index in [1.807, 2.05) is 54.6 Å². The van der Waals surface area contributed by atoms with Crippen molar-refractivity contribution in [2.45, 2.75) is 127 Å². The highest BCUT2D eigenvalue weighted by molar-refractivity contribution is 5.98. The number of rotatable bonds is 11. The molecule has 0 unspecified atom stereocenters. The van der Waals surface area contributed by atoms with E-state index in [2.05, 4.69) is 36.9 Å². The fourth-order valence-corrected chi connectivity index (χ4v) is 9.61. The predicted octanol–water partition coefficient (Wildman–Crippen LogP) is 3.09. The van der Waals surface area contributed by atoms with Gasteiger partial charge >= 0.3 is 0 Å². The van der Waals surface area contributed by atoms with Gasteiger partial charge in [-0.1, -0.05) is 92.8 Å². The Bertz CT molecular complexity index is 2350. The smallest absolute Gasteiger partial charge is 0.245 e. The highest BCUT2D eigenvalue weighted by Gasteiger charge is 2.40. The molecule has 66 heavy (non-hydrogen) atoms. The van der Waals surface area contributed by atoms with Crippen LogP contribution in [0.15, 0.2) is 85.1 Å². The first-order valence-corrected chi connectivity index (χ1v) is 23.4. The summed E-state index contributed by atoms with van der Waals surface area (Å²) in [7, 11) is 0. The minimum atomic E-state index is -1.14. The number of aromatic amines is 1. The second-order valence-electron chi connectivity index (χ2n) is 18.1. The van der Waals surface area contributed by atoms with E-state index in [1.54, 1.807) is 30.5 Å². The van der Waals surface area contributed by atoms with Gasteiger partial charge in [-0.2, -0.15) is 0 Å². The lowest BCUT2D eigenvalue weighted by molar-refractivity contribution is -0.142. The van der Waals surface area contributed by atoms with Gasteiger partial charge in [0.15, 0.2) is 0 Å². The van der Waals surface area contributed by atoms with Gasteiger partial charge in [-0.25, -0.2) is 0 Å². The molecule has 7 amide bonds. The quantitative estimate of drug-likeness (QED) is 0.104. The maximum atomic E-state index is 14.7. The monoisotopic (exact) mass is 901 g/mol. The number of benzene rings is 3. The van der Waals surface area contributed by atoms with Gasteiger partial charge < -0.3 is 47.5 Å². The Morgan fingerprint density at radius 3 is 2.14 bits per heavy atom. The van der Waals surface area contributed by atoms with Crippen molar-refractivity contribution < 1.29 is 33.6 Å². The van der Waals surface area contributed by atoms with Crippen molar-refractivity contribution >= 4 is 57.9 Å². The van der Waals surface area contributed by atoms with E-state index in [0.717, 1.165) is 59.7 Å². The number of aromatic nitrogens is 1. The summed E-state index contributed by atoms with van der Waals surface area (Å²) in [6, 6.07) is 17.5. The minimum Gasteiger partial charge on any atom is -0.399 e. The molecule has 16 heteroatoms. The molecule has 1 saturated carbocycles. The molecule has 0 spiro atoms. The largest absolute Gasteiger partial charge is 0.399 e. The molecule has 3 heterocycles. The first kappa shape index (κ1) is 47.3. The first-order chi connectivity index (χ1) is 31.9. The number of para-hydroxylation sites is 1. The van der Waals surface area contributed by atoms with Crippen LogP contribution in [0.3, 0.4) is 0 Å². The zero-order valence-electron chi connectivity index (χ0n) is 37.6. The minimum absolute atomic E-state index is 0.0774. The second kappa shape index (κ2) is 22.5. The lowest BCUT2D eigenvalue weighted by atomic mass is 9.84. The fourth-order valence-electron chi connectivity index (χ4n) is 9.61. The van der Waals surface area contributed by atoms with Gasteiger partial charge in [0.2, 0.25) is 41.4 Å². The van der Waals surface area contributed by atoms with Gasteiger partial charge in [0, 0.05) is 62.1 Å². The zero-order chi connectivity index (χ0) is 46.6. The summed E-state index contributed by atoms with van der Waals surface area (Å²) in [4.78, 5) is 104. The summed E-state index contributed by atoms with van der Waals surface area (Å²) in [5.41, 5.74) is 9.69. The van der Waals surface area contributed by atoms with Crippen molar-refractivity contribution in [1.29, 1.82) is 0 Å². The molecular formula is C50H63N9O7. The van der Waals surface area contributed by atoms with E-state index < -0.39 is 77.6 Å². The molecule has 2 saturated heterocycles. The third kappa shape index (κ3) is 12.5. The molecule has 2 aliphatic heterocycles. The lowest BCUT2D eigenvalue weighted by Crippen LogP contribution is -2.60. The SMILES string of the molecule is CC(=O)N[C@@H](Cc1ccccc1)C(=O)N[C@H]1CCCNC(=O)[C@H](Cc2ccc(N)cc2)NC(=O)[C@H](Cc2c[nH]c3ccccc23)NC(=O)[C@@H](CC2CCCCC2)NC(=O)[C@@H]2CCCN2C1=O. The maximum absolute atomic E-state index is 14.7. The molecule has 6 atom stereocenters. The summed E-state index contributed by atoms with van der Waals surface area (Å²) in [5.74, 6) is -3.41. The summed E-state index contributed by atoms with van der Waals surface area (Å²) in [6.45, 7) is 1.64. The molecule has 0 bridgehead atoms. The molecule has 3 aliphatic rings. The normalized spacial score (nSPS) is 23.3. The van der Waals surface area contributed by atoms with Crippen LogP contribution >= 0.6 is 0 Å². The Kier molecular flexibility index (Phi) is 16.1. The number of amides is 7. The van der Waals surface area contributed by atoms with Crippen molar-refractivity contribution in [3.05, 3.63) is 102 Å². The molecule has 1 aromatic heterocycles. The number of carbonyl (C=O) groups is 7. The van der Waals surface area contributed by atoms with Crippen LogP contribution in [0.4, 0.5) is 5.69 Å². The average molecular weight is 902 g/mol. The van der Waals surface area contributed by atoms with Crippen molar-refractivity contribution in [3.63, 3.8) is 0 Å². The Morgan fingerprint density at radius 2 is 1.39 bits per heavy atom. The molecule has 16 nitrogen and oxygen atoms in total. The van der Waals surface area contributed by atoms with E-state index in [9.17, 15) is 33.6 Å². The molecule has 350 valence electrons. The van der Waals surface area contributed by atoms with Gasteiger partial charge in [-0.3, -0.25) is 33.6 Å². The third-order valence-electron chi connectivity index (χ3n) is 13.1. The average Bonchev–Trinajstić information content (AvgIpc) is 3.98. The number of hydrogen-bond acceptors (Lipinski definition) is 8. The van der Waals surface area contributed by atoms with Crippen molar-refractivity contribution in [1.82, 2.24) is 41.8 Å². The van der Waals surface area contributed by atoms with E-state index in [-0.39, 0.29) is 51.1 Å². The molecule has 3 fully saturated rings. The van der Waals surface area contributed by atoms with Crippen LogP contribution < -0.4 is 37.6 Å². The number of fused-ring (bicyclic) bond motifs is 2. The van der Waals surface area contributed by atoms with Crippen molar-refractivity contribution in [2.24, 2.45) is 5.92 Å². The summed E-state index contributed by atoms with van der Waals surface area (Å²) in [6.07, 6.45) is 8.57. The first-order valence-electron chi connectivity index (χ1n) is 23.4. The van der Waals surface area contributed by atoms with Crippen LogP contribution in [0, 0.1) is 5.92 Å². The summed E-state index contributed by atoms with van der Waals surface area (Å²) < 4.78 is 0. The van der Waals surface area contributed by atoms with Gasteiger partial charge in [-0.05, 0) is 72.9 Å². The van der Waals surface area contributed by atoms with Gasteiger partial charge in [0.05, 0.1) is 0 Å². The molecule has 3 aromatic carbocycles. The van der Waals surface area contributed by atoms with Crippen LogP contribution in [-0.4, -0.2) is 101 Å². The summed E-state index contributed by atoms with van der Waals surface area (Å²) in [5, 5.41) is 18.4. The van der Waals surface area contributed by atoms with Crippen LogP contribution in [-0.2, 0) is 52.8 Å². The van der Waals surface area contributed by atoms with Crippen molar-refractivity contribution in [2.75, 3.05) is 18.8 Å². The highest BCUT2D eigenvalue weighted by Crippen LogP contribution is 2.28. The highest BCUT2D eigenvalue weighted by atomic mass is 16.2. The Labute approximate surface area is 385 Å². The van der Waals surface area contributed by atoms with E-state index in [4.69, 9.17) is 5.73 Å². The standard InChI is InChI=1S/C50H63N9O7/c1-31(60)54-41(26-32-12-4-2-5-13-32)46(62)55-39-18-10-24-52-45(61)40(28-34-20-22-36(51)23-21-34)56-48(64)43(29-35-30-53-38-17-9-8-16-37(35)38)57-47(63)42(27-33-14-6-3-7-15-33)58-49(65)44-19-11-25-59(44)50(39)66/h2,4-5,8-9,12-13,16-17,20-23,30,33,39-44,53H,3,6-7,10-11,14-15,18-19,24-29,51H2,1H3,(H,52,61)(H,54,60)(H,55,62)(H,56,64)(H,57,63)(H,58,65)/t39-,40-,41-,42+,43-,44-/m0/s1. The second-order valence-corrected chi connectivity index (χ2v) is 18.1. The lowest BCUT2D eigenvalue weighted by Gasteiger charge is -2.32. The van der Waals surface area contributed by atoms with Crippen LogP contribution in [0.1, 0.15) is 87.8 Å². The number of nitrogens with zero attached hydrogens (tertiary/aromatic N) is 1. The number of nitrogen functional groups attached to an aromatic ring is 1. The number of nitrogens with one attached hydrogen (secondary N) is 7. The topological polar surface area (TPSA) is 237 Å². The van der Waals surface area contributed by atoms with Gasteiger partial charge in [0.1, 0.15) is 36.3 Å². The predicted molar refractivity (Wildman–Crippen MR) is 250 cm³/mol. The van der Waals surface area contributed by atoms with Gasteiger partial charge in [-0.15, -0.1) is 0 Å². The number of carbonyl (C=O) groups excluding carboxylic acids is 7. The molecular weight excluding hydrogens is 839 g/mol. The third-order valence-corrected chi connectivity index (χ3v) is 13.1. The summed E-state index contributed by atoms with van der Waals surface area (Å²) >= 11 is 0. The number of H-pyrrole nitrogens is 1. The maximum Gasteiger partial charge on any atom is 0.245 e. The zero-order valence-corrected chi connectivity index (χ0v) is 37.6. The number of nitrogens with two attached hydrogens (primary N) is 1. The van der Waals surface area contributed by atoms with E-state index in [1.165, 1.54) is 11.8 Å². The number of hydrogen-bond donors (Lipinski definition) is 8.